The number of aromatic nitrogens is 2. The lowest BCUT2D eigenvalue weighted by atomic mass is 10.1. The molecule has 8 nitrogen and oxygen atoms in total. The molecule has 0 bridgehead atoms. The second kappa shape index (κ2) is 7.27. The van der Waals surface area contributed by atoms with Gasteiger partial charge in [-0.3, -0.25) is 4.79 Å². The summed E-state index contributed by atoms with van der Waals surface area (Å²) in [6.45, 7) is 0.484. The number of aliphatic carboxylic acids is 1. The number of hydrogen-bond acceptors (Lipinski definition) is 6. The van der Waals surface area contributed by atoms with Crippen molar-refractivity contribution in [2.75, 3.05) is 19.0 Å². The molecule has 1 amide bonds. The smallest absolute Gasteiger partial charge is 0.326 e. The largest absolute Gasteiger partial charge is 0.480 e. The van der Waals surface area contributed by atoms with Crippen LogP contribution in [0.1, 0.15) is 23.3 Å². The van der Waals surface area contributed by atoms with Gasteiger partial charge < -0.3 is 20.9 Å². The Morgan fingerprint density at radius 2 is 2.21 bits per heavy atom. The Balaban J connectivity index is 2.63. The summed E-state index contributed by atoms with van der Waals surface area (Å²) in [5, 5.41) is 19.0. The molecule has 0 saturated carbocycles. The van der Waals surface area contributed by atoms with Crippen LogP contribution in [-0.2, 0) is 9.53 Å². The zero-order valence-electron chi connectivity index (χ0n) is 10.5. The van der Waals surface area contributed by atoms with Crippen molar-refractivity contribution in [2.45, 2.75) is 18.9 Å². The fourth-order valence-corrected chi connectivity index (χ4v) is 1.41. The minimum absolute atomic E-state index is 0.0248. The van der Waals surface area contributed by atoms with Gasteiger partial charge in [-0.05, 0) is 25.0 Å². The molecule has 4 N–H and O–H groups in total. The van der Waals surface area contributed by atoms with Crippen LogP contribution in [0.25, 0.3) is 0 Å². The molecular weight excluding hydrogens is 252 g/mol. The third-order valence-corrected chi connectivity index (χ3v) is 2.38. The fraction of sp³-hybridized carbons (Fsp3) is 0.455. The van der Waals surface area contributed by atoms with Crippen molar-refractivity contribution < 1.29 is 19.4 Å². The predicted octanol–water partition coefficient (Wildman–Crippen LogP) is -0.133. The average Bonchev–Trinajstić information content (AvgIpc) is 2.38. The lowest BCUT2D eigenvalue weighted by molar-refractivity contribution is -0.138. The minimum atomic E-state index is -0.989. The van der Waals surface area contributed by atoms with E-state index in [1.165, 1.54) is 12.1 Å². The molecule has 0 saturated heterocycles. The van der Waals surface area contributed by atoms with Gasteiger partial charge in [-0.2, -0.15) is 0 Å². The number of primary amides is 1. The van der Waals surface area contributed by atoms with Crippen molar-refractivity contribution in [3.63, 3.8) is 0 Å². The van der Waals surface area contributed by atoms with Gasteiger partial charge >= 0.3 is 5.97 Å². The summed E-state index contributed by atoms with van der Waals surface area (Å²) in [5.74, 6) is -1.40. The molecule has 0 radical (unpaired) electrons. The fourth-order valence-electron chi connectivity index (χ4n) is 1.41. The van der Waals surface area contributed by atoms with Crippen LogP contribution in [0.2, 0.25) is 0 Å². The first kappa shape index (κ1) is 14.8. The topological polar surface area (TPSA) is 127 Å². The third-order valence-electron chi connectivity index (χ3n) is 2.38. The van der Waals surface area contributed by atoms with Gasteiger partial charge in [0.2, 0.25) is 0 Å². The predicted molar refractivity (Wildman–Crippen MR) is 66.7 cm³/mol. The normalized spacial score (nSPS) is 11.8. The SMILES string of the molecule is COCCCC(Nc1ccc(C(N)=O)nn1)C(=O)O. The van der Waals surface area contributed by atoms with Crippen molar-refractivity contribution >= 4 is 17.7 Å². The number of amides is 1. The second-order valence-corrected chi connectivity index (χ2v) is 3.84. The Morgan fingerprint density at radius 3 is 2.68 bits per heavy atom. The highest BCUT2D eigenvalue weighted by Gasteiger charge is 2.17. The molecule has 104 valence electrons. The van der Waals surface area contributed by atoms with E-state index in [0.29, 0.717) is 19.4 Å². The molecule has 1 heterocycles. The number of nitrogens with zero attached hydrogens (tertiary/aromatic N) is 2. The second-order valence-electron chi connectivity index (χ2n) is 3.84. The number of ether oxygens (including phenoxy) is 1. The first-order chi connectivity index (χ1) is 9.04. The van der Waals surface area contributed by atoms with Crippen LogP contribution >= 0.6 is 0 Å². The number of carboxylic acids is 1. The summed E-state index contributed by atoms with van der Waals surface area (Å²) in [6.07, 6.45) is 0.996. The zero-order valence-corrected chi connectivity index (χ0v) is 10.5. The molecule has 0 spiro atoms. The maximum absolute atomic E-state index is 11.0. The quantitative estimate of drug-likeness (QED) is 0.560. The Labute approximate surface area is 110 Å². The van der Waals surface area contributed by atoms with Gasteiger partial charge in [-0.25, -0.2) is 4.79 Å². The molecule has 1 rings (SSSR count). The van der Waals surface area contributed by atoms with Crippen LogP contribution in [0.5, 0.6) is 0 Å². The van der Waals surface area contributed by atoms with Crippen LogP contribution < -0.4 is 11.1 Å². The summed E-state index contributed by atoms with van der Waals surface area (Å²) in [4.78, 5) is 21.9. The number of rotatable bonds is 8. The number of anilines is 1. The van der Waals surface area contributed by atoms with Gasteiger partial charge in [-0.15, -0.1) is 10.2 Å². The summed E-state index contributed by atoms with van der Waals surface area (Å²) in [7, 11) is 1.55. The summed E-state index contributed by atoms with van der Waals surface area (Å²) < 4.78 is 4.86. The number of carbonyl (C=O) groups is 2. The standard InChI is InChI=1S/C11H16N4O4/c1-19-6-2-3-8(11(17)18)13-9-5-4-7(10(12)16)14-15-9/h4-5,8H,2-3,6H2,1H3,(H2,12,16)(H,13,15)(H,17,18). The molecule has 0 fully saturated rings. The highest BCUT2D eigenvalue weighted by molar-refractivity contribution is 5.90. The molecule has 1 aromatic rings. The van der Waals surface area contributed by atoms with E-state index in [2.05, 4.69) is 15.5 Å². The third kappa shape index (κ3) is 4.88. The molecule has 0 aliphatic heterocycles. The van der Waals surface area contributed by atoms with Crippen LogP contribution in [0.4, 0.5) is 5.82 Å². The van der Waals surface area contributed by atoms with Gasteiger partial charge in [0.15, 0.2) is 5.69 Å². The first-order valence-corrected chi connectivity index (χ1v) is 5.66. The number of nitrogens with two attached hydrogens (primary N) is 1. The highest BCUT2D eigenvalue weighted by Crippen LogP contribution is 2.08. The lowest BCUT2D eigenvalue weighted by Gasteiger charge is -2.14. The Bertz CT molecular complexity index is 435. The number of hydrogen-bond donors (Lipinski definition) is 3. The molecular formula is C11H16N4O4. The molecule has 0 aliphatic carbocycles. The van der Waals surface area contributed by atoms with Gasteiger partial charge in [0.05, 0.1) is 0 Å². The zero-order chi connectivity index (χ0) is 14.3. The summed E-state index contributed by atoms with van der Waals surface area (Å²) >= 11 is 0. The Kier molecular flexibility index (Phi) is 5.68. The van der Waals surface area contributed by atoms with E-state index in [1.807, 2.05) is 0 Å². The van der Waals surface area contributed by atoms with Gasteiger partial charge in [0.25, 0.3) is 5.91 Å². The highest BCUT2D eigenvalue weighted by atomic mass is 16.5. The maximum Gasteiger partial charge on any atom is 0.326 e. The van der Waals surface area contributed by atoms with Crippen molar-refractivity contribution in [1.29, 1.82) is 0 Å². The summed E-state index contributed by atoms with van der Waals surface area (Å²) in [5.41, 5.74) is 5.05. The van der Waals surface area contributed by atoms with Crippen molar-refractivity contribution in [3.05, 3.63) is 17.8 Å². The monoisotopic (exact) mass is 268 g/mol. The number of nitrogens with one attached hydrogen (secondary N) is 1. The summed E-state index contributed by atoms with van der Waals surface area (Å²) in [6, 6.07) is 2.05. The van der Waals surface area contributed by atoms with E-state index in [4.69, 9.17) is 15.6 Å². The van der Waals surface area contributed by atoms with Crippen LogP contribution in [0.15, 0.2) is 12.1 Å². The average molecular weight is 268 g/mol. The number of carboxylic acid groups (broad SMARTS) is 1. The maximum atomic E-state index is 11.0. The van der Waals surface area contributed by atoms with Crippen molar-refractivity contribution in [1.82, 2.24) is 10.2 Å². The Morgan fingerprint density at radius 1 is 1.47 bits per heavy atom. The van der Waals surface area contributed by atoms with E-state index < -0.39 is 17.9 Å². The van der Waals surface area contributed by atoms with E-state index in [9.17, 15) is 9.59 Å². The molecule has 1 unspecified atom stereocenters. The number of carbonyl (C=O) groups excluding carboxylic acids is 1. The first-order valence-electron chi connectivity index (χ1n) is 5.66. The van der Waals surface area contributed by atoms with Gasteiger partial charge in [-0.1, -0.05) is 0 Å². The molecule has 0 aromatic carbocycles. The lowest BCUT2D eigenvalue weighted by Crippen LogP contribution is -2.30. The molecule has 0 aliphatic rings. The minimum Gasteiger partial charge on any atom is -0.480 e. The van der Waals surface area contributed by atoms with Crippen LogP contribution in [-0.4, -0.2) is 46.9 Å². The van der Waals surface area contributed by atoms with Crippen LogP contribution in [0, 0.1) is 0 Å². The van der Waals surface area contributed by atoms with E-state index in [-0.39, 0.29) is 11.5 Å². The van der Waals surface area contributed by atoms with Gasteiger partial charge in [0, 0.05) is 13.7 Å². The molecule has 1 atom stereocenters. The van der Waals surface area contributed by atoms with Gasteiger partial charge in [0.1, 0.15) is 11.9 Å². The van der Waals surface area contributed by atoms with Crippen molar-refractivity contribution in [3.8, 4) is 0 Å². The van der Waals surface area contributed by atoms with Crippen LogP contribution in [0.3, 0.4) is 0 Å². The number of methoxy groups -OCH3 is 1. The van der Waals surface area contributed by atoms with E-state index >= 15 is 0 Å². The van der Waals surface area contributed by atoms with Crippen molar-refractivity contribution in [2.24, 2.45) is 5.73 Å². The molecule has 8 heteroatoms. The molecule has 19 heavy (non-hydrogen) atoms. The van der Waals surface area contributed by atoms with E-state index in [0.717, 1.165) is 0 Å². The van der Waals surface area contributed by atoms with E-state index in [1.54, 1.807) is 7.11 Å². The molecule has 1 aromatic heterocycles. The Hall–Kier alpha value is -2.22.